The fraction of sp³-hybridized carbons (Fsp3) is 0.458. The van der Waals surface area contributed by atoms with Crippen LogP contribution in [0.3, 0.4) is 0 Å². The van der Waals surface area contributed by atoms with Crippen molar-refractivity contribution >= 4 is 17.2 Å². The molecule has 1 aliphatic carbocycles. The number of morpholine rings is 1. The zero-order valence-corrected chi connectivity index (χ0v) is 17.8. The van der Waals surface area contributed by atoms with Gasteiger partial charge in [0, 0.05) is 49.6 Å². The maximum absolute atomic E-state index is 12.3. The molecule has 2 aromatic heterocycles. The van der Waals surface area contributed by atoms with Crippen LogP contribution in [0.5, 0.6) is 0 Å². The highest BCUT2D eigenvalue weighted by atomic mass is 16.5. The summed E-state index contributed by atoms with van der Waals surface area (Å²) in [6.07, 6.45) is 9.73. The number of fused-ring (bicyclic) bond motifs is 1. The maximum Gasteiger partial charge on any atom is 0.180 e. The Balaban J connectivity index is 1.24. The Kier molecular flexibility index (Phi) is 5.95. The lowest BCUT2D eigenvalue weighted by atomic mass is 10.0. The fourth-order valence-electron chi connectivity index (χ4n) is 4.12. The molecule has 0 bridgehead atoms. The van der Waals surface area contributed by atoms with Crippen molar-refractivity contribution in [3.8, 4) is 11.3 Å². The van der Waals surface area contributed by atoms with Gasteiger partial charge in [0.2, 0.25) is 0 Å². The molecule has 1 N–H and O–H groups in total. The van der Waals surface area contributed by atoms with E-state index in [9.17, 15) is 4.79 Å². The summed E-state index contributed by atoms with van der Waals surface area (Å²) < 4.78 is 7.46. The molecule has 5 rings (SSSR count). The molecule has 1 aliphatic heterocycles. The summed E-state index contributed by atoms with van der Waals surface area (Å²) in [7, 11) is 0. The van der Waals surface area contributed by atoms with Crippen LogP contribution in [0.2, 0.25) is 0 Å². The lowest BCUT2D eigenvalue weighted by Crippen LogP contribution is -2.37. The van der Waals surface area contributed by atoms with Gasteiger partial charge in [-0.15, -0.1) is 0 Å². The van der Waals surface area contributed by atoms with Gasteiger partial charge in [0.05, 0.1) is 25.1 Å². The minimum Gasteiger partial charge on any atom is -0.379 e. The predicted molar refractivity (Wildman–Crippen MR) is 120 cm³/mol. The smallest absolute Gasteiger partial charge is 0.180 e. The van der Waals surface area contributed by atoms with Crippen LogP contribution in [0.4, 0.5) is 5.82 Å². The summed E-state index contributed by atoms with van der Waals surface area (Å²) in [5, 5.41) is 3.44. The van der Waals surface area contributed by atoms with Crippen LogP contribution in [-0.4, -0.2) is 64.4 Å². The molecule has 0 amide bonds. The summed E-state index contributed by atoms with van der Waals surface area (Å²) in [5.74, 6) is 1.66. The van der Waals surface area contributed by atoms with Gasteiger partial charge < -0.3 is 10.1 Å². The molecule has 1 saturated heterocycles. The Morgan fingerprint density at radius 3 is 2.71 bits per heavy atom. The number of nitrogens with one attached hydrogen (secondary N) is 1. The topological polar surface area (TPSA) is 71.8 Å². The van der Waals surface area contributed by atoms with Crippen molar-refractivity contribution in [2.24, 2.45) is 5.92 Å². The van der Waals surface area contributed by atoms with Crippen LogP contribution in [0.15, 0.2) is 42.9 Å². The number of imidazole rings is 1. The SMILES string of the molecule is O=C(CC1CC1)c1ccc(-c2cnc3c(NCCCN4CCOCC4)nccn23)cc1. The number of hydrogen-bond donors (Lipinski definition) is 1. The number of rotatable bonds is 9. The van der Waals surface area contributed by atoms with Gasteiger partial charge in [0.25, 0.3) is 0 Å². The summed E-state index contributed by atoms with van der Waals surface area (Å²) in [6.45, 7) is 5.61. The molecule has 0 atom stereocenters. The van der Waals surface area contributed by atoms with Crippen molar-refractivity contribution in [1.82, 2.24) is 19.3 Å². The lowest BCUT2D eigenvalue weighted by Gasteiger charge is -2.26. The van der Waals surface area contributed by atoms with Gasteiger partial charge >= 0.3 is 0 Å². The summed E-state index contributed by atoms with van der Waals surface area (Å²) in [6, 6.07) is 7.90. The molecule has 0 unspecified atom stereocenters. The van der Waals surface area contributed by atoms with E-state index >= 15 is 0 Å². The standard InChI is InChI=1S/C24H29N5O2/c30-22(16-18-2-3-18)20-6-4-19(5-7-20)21-17-27-24-23(26-9-11-29(21)24)25-8-1-10-28-12-14-31-15-13-28/h4-7,9,11,17-18H,1-3,8,10,12-16H2,(H,25,26). The van der Waals surface area contributed by atoms with Gasteiger partial charge in [-0.1, -0.05) is 24.3 Å². The predicted octanol–water partition coefficient (Wildman–Crippen LogP) is 3.51. The Morgan fingerprint density at radius 2 is 1.94 bits per heavy atom. The molecule has 162 valence electrons. The number of benzene rings is 1. The van der Waals surface area contributed by atoms with E-state index in [1.807, 2.05) is 36.7 Å². The van der Waals surface area contributed by atoms with E-state index < -0.39 is 0 Å². The van der Waals surface area contributed by atoms with Crippen LogP contribution in [0, 0.1) is 5.92 Å². The number of nitrogens with zero attached hydrogens (tertiary/aromatic N) is 4. The van der Waals surface area contributed by atoms with Crippen LogP contribution in [-0.2, 0) is 4.74 Å². The van der Waals surface area contributed by atoms with Gasteiger partial charge in [-0.2, -0.15) is 0 Å². The molecule has 2 aliphatic rings. The second-order valence-corrected chi connectivity index (χ2v) is 8.50. The van der Waals surface area contributed by atoms with Crippen LogP contribution < -0.4 is 5.32 Å². The zero-order valence-electron chi connectivity index (χ0n) is 17.8. The Hall–Kier alpha value is -2.77. The minimum atomic E-state index is 0.250. The molecule has 1 saturated carbocycles. The quantitative estimate of drug-likeness (QED) is 0.423. The lowest BCUT2D eigenvalue weighted by molar-refractivity contribution is 0.0378. The Morgan fingerprint density at radius 1 is 1.13 bits per heavy atom. The molecule has 0 spiro atoms. The van der Waals surface area contributed by atoms with Gasteiger partial charge in [0.1, 0.15) is 0 Å². The highest BCUT2D eigenvalue weighted by Crippen LogP contribution is 2.33. The second kappa shape index (κ2) is 9.16. The van der Waals surface area contributed by atoms with Gasteiger partial charge in [-0.25, -0.2) is 9.97 Å². The molecule has 0 radical (unpaired) electrons. The summed E-state index contributed by atoms with van der Waals surface area (Å²) >= 11 is 0. The van der Waals surface area contributed by atoms with Crippen molar-refractivity contribution in [3.63, 3.8) is 0 Å². The third-order valence-electron chi connectivity index (χ3n) is 6.15. The van der Waals surface area contributed by atoms with Gasteiger partial charge in [0.15, 0.2) is 17.2 Å². The first-order chi connectivity index (χ1) is 15.3. The van der Waals surface area contributed by atoms with Crippen molar-refractivity contribution in [3.05, 3.63) is 48.4 Å². The molecular weight excluding hydrogens is 390 g/mol. The zero-order chi connectivity index (χ0) is 21.0. The monoisotopic (exact) mass is 419 g/mol. The summed E-state index contributed by atoms with van der Waals surface area (Å²) in [4.78, 5) is 23.9. The molecule has 3 heterocycles. The largest absolute Gasteiger partial charge is 0.379 e. The van der Waals surface area contributed by atoms with Crippen molar-refractivity contribution in [2.75, 3.05) is 44.7 Å². The van der Waals surface area contributed by atoms with Crippen molar-refractivity contribution in [1.29, 1.82) is 0 Å². The number of ketones is 1. The Labute approximate surface area is 182 Å². The molecule has 3 aromatic rings. The first-order valence-electron chi connectivity index (χ1n) is 11.3. The number of ether oxygens (including phenoxy) is 1. The van der Waals surface area contributed by atoms with E-state index in [0.29, 0.717) is 12.3 Å². The van der Waals surface area contributed by atoms with Crippen molar-refractivity contribution < 1.29 is 9.53 Å². The number of anilines is 1. The number of carbonyl (C=O) groups is 1. The van der Waals surface area contributed by atoms with E-state index in [0.717, 1.165) is 74.1 Å². The normalized spacial score (nSPS) is 17.2. The van der Waals surface area contributed by atoms with Crippen LogP contribution in [0.1, 0.15) is 36.0 Å². The molecule has 31 heavy (non-hydrogen) atoms. The van der Waals surface area contributed by atoms with Gasteiger partial charge in [-0.3, -0.25) is 14.1 Å². The highest BCUT2D eigenvalue weighted by Gasteiger charge is 2.24. The number of aromatic nitrogens is 3. The first-order valence-corrected chi connectivity index (χ1v) is 11.3. The van der Waals surface area contributed by atoms with E-state index in [4.69, 9.17) is 4.74 Å². The highest BCUT2D eigenvalue weighted by molar-refractivity contribution is 5.96. The molecule has 7 heteroatoms. The van der Waals surface area contributed by atoms with E-state index in [1.165, 1.54) is 12.8 Å². The van der Waals surface area contributed by atoms with E-state index in [2.05, 4.69) is 24.6 Å². The van der Waals surface area contributed by atoms with Crippen molar-refractivity contribution in [2.45, 2.75) is 25.7 Å². The molecule has 2 fully saturated rings. The number of hydrogen-bond acceptors (Lipinski definition) is 6. The van der Waals surface area contributed by atoms with Crippen LogP contribution >= 0.6 is 0 Å². The average Bonchev–Trinajstić information content (AvgIpc) is 3.52. The summed E-state index contributed by atoms with van der Waals surface area (Å²) in [5.41, 5.74) is 3.65. The third-order valence-corrected chi connectivity index (χ3v) is 6.15. The van der Waals surface area contributed by atoms with Crippen LogP contribution in [0.25, 0.3) is 16.9 Å². The maximum atomic E-state index is 12.3. The average molecular weight is 420 g/mol. The number of carbonyl (C=O) groups excluding carboxylic acids is 1. The minimum absolute atomic E-state index is 0.250. The van der Waals surface area contributed by atoms with E-state index in [1.54, 1.807) is 6.20 Å². The third kappa shape index (κ3) is 4.78. The Bertz CT molecular complexity index is 1040. The molecule has 1 aromatic carbocycles. The molecule has 7 nitrogen and oxygen atoms in total. The second-order valence-electron chi connectivity index (χ2n) is 8.50. The van der Waals surface area contributed by atoms with E-state index in [-0.39, 0.29) is 5.78 Å². The van der Waals surface area contributed by atoms with Gasteiger partial charge in [-0.05, 0) is 31.7 Å². The number of Topliss-reactive ketones (excluding diaryl/α,β-unsaturated/α-hetero) is 1. The first kappa shape index (κ1) is 20.2. The molecular formula is C24H29N5O2. The fourth-order valence-corrected chi connectivity index (χ4v) is 4.12.